The van der Waals surface area contributed by atoms with Crippen LogP contribution in [-0.2, 0) is 11.2 Å². The zero-order valence-electron chi connectivity index (χ0n) is 24.3. The zero-order valence-corrected chi connectivity index (χ0v) is 24.3. The Labute approximate surface area is 250 Å². The van der Waals surface area contributed by atoms with Crippen LogP contribution in [0.4, 0.5) is 10.2 Å². The number of carbonyl (C=O) groups excluding carboxylic acids is 1. The van der Waals surface area contributed by atoms with E-state index in [9.17, 15) is 9.90 Å². The van der Waals surface area contributed by atoms with Crippen molar-refractivity contribution in [1.82, 2.24) is 19.8 Å². The van der Waals surface area contributed by atoms with Crippen LogP contribution >= 0.6 is 0 Å². The lowest BCUT2D eigenvalue weighted by molar-refractivity contribution is -0.128. The number of nitrogens with zero attached hydrogens (tertiary/aromatic N) is 6. The van der Waals surface area contributed by atoms with Gasteiger partial charge < -0.3 is 29.4 Å². The number of aromatic nitrogens is 2. The number of piperazine rings is 1. The summed E-state index contributed by atoms with van der Waals surface area (Å²) in [6.07, 6.45) is 5.42. The van der Waals surface area contributed by atoms with Gasteiger partial charge in [-0.1, -0.05) is 24.8 Å². The molecular formula is C33H35FN6O3. The molecule has 0 radical (unpaired) electrons. The number of likely N-dealkylation sites (N-methyl/N-ethyl adjacent to an activating group) is 1. The number of phenolic OH excluding ortho intramolecular Hbond substituents is 1. The first-order chi connectivity index (χ1) is 20.9. The maximum absolute atomic E-state index is 16.7. The van der Waals surface area contributed by atoms with E-state index in [0.717, 1.165) is 31.4 Å². The Hall–Kier alpha value is -4.23. The average Bonchev–Trinajstić information content (AvgIpc) is 3.50. The third-order valence-electron chi connectivity index (χ3n) is 9.76. The van der Waals surface area contributed by atoms with E-state index in [1.165, 1.54) is 18.1 Å². The predicted molar refractivity (Wildman–Crippen MR) is 162 cm³/mol. The molecule has 1 amide bonds. The van der Waals surface area contributed by atoms with Gasteiger partial charge in [0.15, 0.2) is 5.82 Å². The van der Waals surface area contributed by atoms with E-state index in [1.54, 1.807) is 11.0 Å². The molecule has 9 nitrogen and oxygen atoms in total. The smallest absolute Gasteiger partial charge is 0.319 e. The number of amides is 1. The van der Waals surface area contributed by atoms with Crippen molar-refractivity contribution in [2.75, 3.05) is 51.3 Å². The summed E-state index contributed by atoms with van der Waals surface area (Å²) >= 11 is 0. The summed E-state index contributed by atoms with van der Waals surface area (Å²) in [4.78, 5) is 31.2. The fourth-order valence-corrected chi connectivity index (χ4v) is 7.35. The molecule has 3 aromatic rings. The number of ether oxygens (including phenoxy) is 1. The van der Waals surface area contributed by atoms with Crippen molar-refractivity contribution in [1.29, 1.82) is 0 Å². The van der Waals surface area contributed by atoms with Gasteiger partial charge in [-0.05, 0) is 79.9 Å². The van der Waals surface area contributed by atoms with Gasteiger partial charge in [0.2, 0.25) is 12.5 Å². The monoisotopic (exact) mass is 582 g/mol. The van der Waals surface area contributed by atoms with Gasteiger partial charge in [-0.2, -0.15) is 9.97 Å². The highest BCUT2D eigenvalue weighted by molar-refractivity contribution is 5.97. The Morgan fingerprint density at radius 1 is 1.28 bits per heavy atom. The fraction of sp³-hybridized carbons (Fsp3) is 0.455. The van der Waals surface area contributed by atoms with Crippen LogP contribution in [-0.4, -0.2) is 89.2 Å². The Bertz CT molecular complexity index is 1670. The number of anilines is 1. The third-order valence-corrected chi connectivity index (χ3v) is 9.76. The highest BCUT2D eigenvalue weighted by Gasteiger charge is 2.46. The zero-order chi connectivity index (χ0) is 29.8. The lowest BCUT2D eigenvalue weighted by Gasteiger charge is -2.39. The molecule has 7 rings (SSSR count). The van der Waals surface area contributed by atoms with Crippen molar-refractivity contribution in [3.63, 3.8) is 0 Å². The number of benzene rings is 2. The van der Waals surface area contributed by atoms with Crippen LogP contribution < -0.4 is 9.64 Å². The second-order valence-electron chi connectivity index (χ2n) is 12.3. The number of halogens is 1. The summed E-state index contributed by atoms with van der Waals surface area (Å²) in [5.41, 5.74) is 3.32. The van der Waals surface area contributed by atoms with Gasteiger partial charge in [-0.25, -0.2) is 11.0 Å². The number of likely N-dealkylation sites (tertiary alicyclic amines) is 1. The molecule has 43 heavy (non-hydrogen) atoms. The number of phenols is 1. The van der Waals surface area contributed by atoms with E-state index in [0.29, 0.717) is 54.8 Å². The molecule has 0 bridgehead atoms. The first-order valence-corrected chi connectivity index (χ1v) is 15.1. The lowest BCUT2D eigenvalue weighted by Crippen LogP contribution is -2.56. The van der Waals surface area contributed by atoms with Gasteiger partial charge in [0.25, 0.3) is 0 Å². The number of hydrogen-bond donors (Lipinski definition) is 1. The summed E-state index contributed by atoms with van der Waals surface area (Å²) in [6.45, 7) is 13.6. The molecule has 4 atom stereocenters. The first-order valence-electron chi connectivity index (χ1n) is 15.1. The van der Waals surface area contributed by atoms with Gasteiger partial charge >= 0.3 is 6.01 Å². The maximum Gasteiger partial charge on any atom is 0.319 e. The largest absolute Gasteiger partial charge is 0.507 e. The molecule has 4 aliphatic rings. The van der Waals surface area contributed by atoms with E-state index >= 15 is 4.39 Å². The standard InChI is InChI=1S/C33H35FN6O3/c1-4-28(42)40-12-11-39(17-21(40)16-35-2)32-26-15-27(41)29(23-9-5-8-22-24-13-19(24)14-25(22)23)30(34)31(26)36-33(37-32)43-18-20-7-6-10-38(20)3/h4-5,8-9,15,19-21,24,41H,1,6-7,10-14,16-18H2,3H3/t19?,20-,21-,24?/m0/s1. The minimum absolute atomic E-state index is 0.0733. The average molecular weight is 583 g/mol. The summed E-state index contributed by atoms with van der Waals surface area (Å²) in [7, 11) is 2.06. The Morgan fingerprint density at radius 3 is 2.91 bits per heavy atom. The fourth-order valence-electron chi connectivity index (χ4n) is 7.35. The quantitative estimate of drug-likeness (QED) is 0.327. The van der Waals surface area contributed by atoms with Crippen molar-refractivity contribution >= 4 is 22.6 Å². The van der Waals surface area contributed by atoms with E-state index in [2.05, 4.69) is 34.4 Å². The molecule has 10 heteroatoms. The van der Waals surface area contributed by atoms with Crippen molar-refractivity contribution in [3.8, 4) is 22.9 Å². The highest BCUT2D eigenvalue weighted by Crippen LogP contribution is 2.58. The van der Waals surface area contributed by atoms with Crippen LogP contribution in [0.5, 0.6) is 11.8 Å². The Morgan fingerprint density at radius 2 is 2.14 bits per heavy atom. The topological polar surface area (TPSA) is 86.4 Å². The van der Waals surface area contributed by atoms with Crippen LogP contribution in [0, 0.1) is 18.3 Å². The molecule has 0 spiro atoms. The molecule has 2 aliphatic heterocycles. The van der Waals surface area contributed by atoms with Crippen LogP contribution in [0.2, 0.25) is 0 Å². The molecular weight excluding hydrogens is 547 g/mol. The van der Waals surface area contributed by atoms with Crippen LogP contribution in [0.15, 0.2) is 36.9 Å². The molecule has 2 saturated heterocycles. The number of aromatic hydroxyl groups is 1. The predicted octanol–water partition coefficient (Wildman–Crippen LogP) is 4.40. The number of rotatable bonds is 7. The van der Waals surface area contributed by atoms with E-state index in [1.807, 2.05) is 17.0 Å². The Kier molecular flexibility index (Phi) is 6.93. The second kappa shape index (κ2) is 10.8. The molecule has 1 N–H and O–H groups in total. The van der Waals surface area contributed by atoms with Crippen molar-refractivity contribution in [2.45, 2.75) is 43.7 Å². The Balaban J connectivity index is 1.32. The minimum atomic E-state index is -0.603. The molecule has 3 fully saturated rings. The van der Waals surface area contributed by atoms with E-state index in [4.69, 9.17) is 16.3 Å². The SMILES string of the molecule is [C-]#[N+]C[C@H]1CN(c2nc(OC[C@@H]3CCCN3C)nc3c(F)c(-c4cccc5c4CC4CC54)c(O)cc23)CCN1C(=O)C=C. The molecule has 2 unspecified atom stereocenters. The van der Waals surface area contributed by atoms with E-state index in [-0.39, 0.29) is 41.3 Å². The highest BCUT2D eigenvalue weighted by atomic mass is 19.1. The maximum atomic E-state index is 16.7. The van der Waals surface area contributed by atoms with Crippen LogP contribution in [0.1, 0.15) is 36.3 Å². The molecule has 222 valence electrons. The molecule has 3 heterocycles. The van der Waals surface area contributed by atoms with Gasteiger partial charge in [0, 0.05) is 31.1 Å². The number of fused-ring (bicyclic) bond motifs is 4. The minimum Gasteiger partial charge on any atom is -0.507 e. The third kappa shape index (κ3) is 4.76. The number of hydrogen-bond acceptors (Lipinski definition) is 7. The molecule has 1 saturated carbocycles. The molecule has 1 aromatic heterocycles. The second-order valence-corrected chi connectivity index (χ2v) is 12.3. The lowest BCUT2D eigenvalue weighted by atomic mass is 9.92. The normalized spacial score (nSPS) is 24.5. The van der Waals surface area contributed by atoms with E-state index < -0.39 is 11.9 Å². The van der Waals surface area contributed by atoms with Gasteiger partial charge in [0.1, 0.15) is 29.7 Å². The van der Waals surface area contributed by atoms with Crippen molar-refractivity contribution < 1.29 is 19.0 Å². The summed E-state index contributed by atoms with van der Waals surface area (Å²) in [5.74, 6) is 0.572. The van der Waals surface area contributed by atoms with Crippen molar-refractivity contribution in [3.05, 3.63) is 65.3 Å². The van der Waals surface area contributed by atoms with Gasteiger partial charge in [0.05, 0.1) is 5.56 Å². The van der Waals surface area contributed by atoms with Crippen LogP contribution in [0.25, 0.3) is 26.9 Å². The van der Waals surface area contributed by atoms with Gasteiger partial charge in [-0.3, -0.25) is 4.79 Å². The number of carbonyl (C=O) groups is 1. The summed E-state index contributed by atoms with van der Waals surface area (Å²) < 4.78 is 22.8. The molecule has 2 aromatic carbocycles. The molecule has 2 aliphatic carbocycles. The summed E-state index contributed by atoms with van der Waals surface area (Å²) in [5, 5.41) is 11.7. The first kappa shape index (κ1) is 27.6. The van der Waals surface area contributed by atoms with Crippen LogP contribution in [0.3, 0.4) is 0 Å². The summed E-state index contributed by atoms with van der Waals surface area (Å²) in [6, 6.07) is 7.40. The van der Waals surface area contributed by atoms with Gasteiger partial charge in [-0.15, -0.1) is 0 Å². The van der Waals surface area contributed by atoms with Crippen molar-refractivity contribution in [2.24, 2.45) is 5.92 Å².